The number of rotatable bonds is 3. The standard InChI is InChI=1S/C15H17N3O3S/c1-18-14(10-7-5-8-12(10)17-18)16-15(19)11-6-3-4-9-13(11)22(2,20)21/h3-4,6,9H,5,7-8H2,1-2H3,(H,16,19). The third-order valence-corrected chi connectivity index (χ3v) is 4.99. The zero-order valence-corrected chi connectivity index (χ0v) is 13.3. The van der Waals surface area contributed by atoms with Gasteiger partial charge in [-0.15, -0.1) is 0 Å². The molecule has 116 valence electrons. The molecule has 0 saturated heterocycles. The van der Waals surface area contributed by atoms with Gasteiger partial charge in [-0.25, -0.2) is 8.42 Å². The van der Waals surface area contributed by atoms with Gasteiger partial charge in [0.2, 0.25) is 0 Å². The van der Waals surface area contributed by atoms with Crippen LogP contribution in [-0.4, -0.2) is 30.4 Å². The summed E-state index contributed by atoms with van der Waals surface area (Å²) in [5.41, 5.74) is 2.21. The van der Waals surface area contributed by atoms with Gasteiger partial charge in [0.25, 0.3) is 5.91 Å². The minimum atomic E-state index is -3.46. The molecule has 0 fully saturated rings. The Labute approximate surface area is 129 Å². The zero-order chi connectivity index (χ0) is 15.9. The first-order valence-corrected chi connectivity index (χ1v) is 8.92. The summed E-state index contributed by atoms with van der Waals surface area (Å²) in [6.45, 7) is 0. The third kappa shape index (κ3) is 2.52. The first-order chi connectivity index (χ1) is 10.4. The molecule has 1 aromatic heterocycles. The number of nitrogens with zero attached hydrogens (tertiary/aromatic N) is 2. The summed E-state index contributed by atoms with van der Waals surface area (Å²) in [4.78, 5) is 12.5. The molecule has 1 aliphatic rings. The summed E-state index contributed by atoms with van der Waals surface area (Å²) in [6, 6.07) is 6.21. The predicted molar refractivity (Wildman–Crippen MR) is 82.7 cm³/mol. The molecule has 2 aromatic rings. The number of aromatic nitrogens is 2. The van der Waals surface area contributed by atoms with Crippen molar-refractivity contribution in [2.45, 2.75) is 24.2 Å². The van der Waals surface area contributed by atoms with E-state index in [1.807, 2.05) is 0 Å². The van der Waals surface area contributed by atoms with Crippen LogP contribution in [0.5, 0.6) is 0 Å². The predicted octanol–water partition coefficient (Wildman–Crippen LogP) is 1.56. The van der Waals surface area contributed by atoms with Crippen molar-refractivity contribution in [3.05, 3.63) is 41.1 Å². The molecule has 1 N–H and O–H groups in total. The van der Waals surface area contributed by atoms with E-state index in [4.69, 9.17) is 0 Å². The van der Waals surface area contributed by atoms with E-state index in [1.165, 1.54) is 12.1 Å². The van der Waals surface area contributed by atoms with E-state index in [9.17, 15) is 13.2 Å². The van der Waals surface area contributed by atoms with E-state index >= 15 is 0 Å². The number of aryl methyl sites for hydroxylation is 2. The molecule has 1 heterocycles. The number of sulfone groups is 1. The molecule has 6 nitrogen and oxygen atoms in total. The highest BCUT2D eigenvalue weighted by atomic mass is 32.2. The third-order valence-electron chi connectivity index (χ3n) is 3.83. The van der Waals surface area contributed by atoms with Crippen LogP contribution in [-0.2, 0) is 29.7 Å². The van der Waals surface area contributed by atoms with Gasteiger partial charge in [-0.05, 0) is 31.4 Å². The number of carbonyl (C=O) groups is 1. The lowest BCUT2D eigenvalue weighted by molar-refractivity contribution is 0.102. The van der Waals surface area contributed by atoms with E-state index in [2.05, 4.69) is 10.4 Å². The summed E-state index contributed by atoms with van der Waals surface area (Å²) >= 11 is 0. The van der Waals surface area contributed by atoms with Crippen molar-refractivity contribution in [3.63, 3.8) is 0 Å². The van der Waals surface area contributed by atoms with Crippen LogP contribution in [0.1, 0.15) is 28.0 Å². The van der Waals surface area contributed by atoms with Crippen molar-refractivity contribution in [1.82, 2.24) is 9.78 Å². The molecule has 1 aromatic carbocycles. The second-order valence-corrected chi connectivity index (χ2v) is 7.46. The molecule has 22 heavy (non-hydrogen) atoms. The van der Waals surface area contributed by atoms with Crippen molar-refractivity contribution in [3.8, 4) is 0 Å². The average Bonchev–Trinajstić information content (AvgIpc) is 3.01. The largest absolute Gasteiger partial charge is 0.307 e. The van der Waals surface area contributed by atoms with Gasteiger partial charge in [0.05, 0.1) is 16.2 Å². The number of anilines is 1. The van der Waals surface area contributed by atoms with E-state index in [0.29, 0.717) is 5.82 Å². The molecule has 1 amide bonds. The summed E-state index contributed by atoms with van der Waals surface area (Å²) in [7, 11) is -1.69. The van der Waals surface area contributed by atoms with E-state index < -0.39 is 15.7 Å². The van der Waals surface area contributed by atoms with Crippen molar-refractivity contribution < 1.29 is 13.2 Å². The minimum Gasteiger partial charge on any atom is -0.307 e. The fourth-order valence-electron chi connectivity index (χ4n) is 2.83. The van der Waals surface area contributed by atoms with Crippen LogP contribution in [0.15, 0.2) is 29.2 Å². The molecule has 3 rings (SSSR count). The highest BCUT2D eigenvalue weighted by Gasteiger charge is 2.24. The summed E-state index contributed by atoms with van der Waals surface area (Å²) in [5, 5.41) is 7.21. The number of benzene rings is 1. The minimum absolute atomic E-state index is 0.0336. The van der Waals surface area contributed by atoms with Crippen molar-refractivity contribution in [1.29, 1.82) is 0 Å². The molecule has 0 saturated carbocycles. The van der Waals surface area contributed by atoms with Gasteiger partial charge in [0.15, 0.2) is 9.84 Å². The quantitative estimate of drug-likeness (QED) is 0.931. The van der Waals surface area contributed by atoms with Crippen LogP contribution in [0.25, 0.3) is 0 Å². The molecule has 7 heteroatoms. The van der Waals surface area contributed by atoms with Crippen molar-refractivity contribution in [2.75, 3.05) is 11.6 Å². The number of nitrogens with one attached hydrogen (secondary N) is 1. The summed E-state index contributed by atoms with van der Waals surface area (Å²) in [5.74, 6) is 0.222. The molecular formula is C15H17N3O3S. The lowest BCUT2D eigenvalue weighted by Gasteiger charge is -2.10. The maximum absolute atomic E-state index is 12.5. The number of fused-ring (bicyclic) bond motifs is 1. The fourth-order valence-corrected chi connectivity index (χ4v) is 3.71. The van der Waals surface area contributed by atoms with Gasteiger partial charge < -0.3 is 5.32 Å². The normalized spacial score (nSPS) is 13.9. The first-order valence-electron chi connectivity index (χ1n) is 7.03. The van der Waals surface area contributed by atoms with Gasteiger partial charge >= 0.3 is 0 Å². The molecule has 1 aliphatic carbocycles. The smallest absolute Gasteiger partial charge is 0.258 e. The number of hydrogen-bond acceptors (Lipinski definition) is 4. The lowest BCUT2D eigenvalue weighted by atomic mass is 10.2. The van der Waals surface area contributed by atoms with Gasteiger partial charge in [-0.1, -0.05) is 12.1 Å². The first kappa shape index (κ1) is 14.8. The molecule has 0 radical (unpaired) electrons. The summed E-state index contributed by atoms with van der Waals surface area (Å²) in [6.07, 6.45) is 3.92. The van der Waals surface area contributed by atoms with Crippen LogP contribution >= 0.6 is 0 Å². The highest BCUT2D eigenvalue weighted by Crippen LogP contribution is 2.28. The number of hydrogen-bond donors (Lipinski definition) is 1. The zero-order valence-electron chi connectivity index (χ0n) is 12.5. The van der Waals surface area contributed by atoms with E-state index in [0.717, 1.165) is 36.8 Å². The Morgan fingerprint density at radius 1 is 1.27 bits per heavy atom. The molecular weight excluding hydrogens is 302 g/mol. The molecule has 0 atom stereocenters. The lowest BCUT2D eigenvalue weighted by Crippen LogP contribution is -2.18. The van der Waals surface area contributed by atoms with Crippen LogP contribution in [0.3, 0.4) is 0 Å². The fraction of sp³-hybridized carbons (Fsp3) is 0.333. The maximum Gasteiger partial charge on any atom is 0.258 e. The summed E-state index contributed by atoms with van der Waals surface area (Å²) < 4.78 is 25.3. The van der Waals surface area contributed by atoms with Gasteiger partial charge in [0, 0.05) is 18.9 Å². The number of carbonyl (C=O) groups excluding carboxylic acids is 1. The van der Waals surface area contributed by atoms with Crippen LogP contribution in [0, 0.1) is 0 Å². The van der Waals surface area contributed by atoms with Gasteiger partial charge in [0.1, 0.15) is 5.82 Å². The van der Waals surface area contributed by atoms with Gasteiger partial charge in [-0.3, -0.25) is 9.48 Å². The maximum atomic E-state index is 12.5. The Kier molecular flexibility index (Phi) is 3.52. The van der Waals surface area contributed by atoms with E-state index in [-0.39, 0.29) is 10.5 Å². The second-order valence-electron chi connectivity index (χ2n) is 5.47. The molecule has 0 spiro atoms. The Morgan fingerprint density at radius 2 is 2.00 bits per heavy atom. The molecule has 0 bridgehead atoms. The Bertz CT molecular complexity index is 853. The SMILES string of the molecule is Cn1nc2c(c1NC(=O)c1ccccc1S(C)(=O)=O)CCC2. The van der Waals surface area contributed by atoms with Crippen molar-refractivity contribution in [2.24, 2.45) is 7.05 Å². The second kappa shape index (κ2) is 5.24. The number of amides is 1. The molecule has 0 unspecified atom stereocenters. The average molecular weight is 319 g/mol. The topological polar surface area (TPSA) is 81.1 Å². The monoisotopic (exact) mass is 319 g/mol. The van der Waals surface area contributed by atoms with Crippen LogP contribution in [0.4, 0.5) is 5.82 Å². The Morgan fingerprint density at radius 3 is 2.73 bits per heavy atom. The highest BCUT2D eigenvalue weighted by molar-refractivity contribution is 7.90. The van der Waals surface area contributed by atoms with Crippen molar-refractivity contribution >= 4 is 21.6 Å². The Hall–Kier alpha value is -2.15. The van der Waals surface area contributed by atoms with Crippen LogP contribution < -0.4 is 5.32 Å². The van der Waals surface area contributed by atoms with Gasteiger partial charge in [-0.2, -0.15) is 5.10 Å². The Balaban J connectivity index is 1.97. The van der Waals surface area contributed by atoms with E-state index in [1.54, 1.807) is 23.9 Å². The van der Waals surface area contributed by atoms with Crippen LogP contribution in [0.2, 0.25) is 0 Å². The molecule has 0 aliphatic heterocycles.